The van der Waals surface area contributed by atoms with Gasteiger partial charge in [0.2, 0.25) is 0 Å². The molecule has 4 rings (SSSR count). The molecule has 0 aliphatic carbocycles. The lowest BCUT2D eigenvalue weighted by molar-refractivity contribution is -0.131. The highest BCUT2D eigenvalue weighted by molar-refractivity contribution is 6.10. The second-order valence-corrected chi connectivity index (χ2v) is 7.65. The molecule has 1 unspecified atom stereocenters. The number of nitrogens with one attached hydrogen (secondary N) is 1. The average Bonchev–Trinajstić information content (AvgIpc) is 3.39. The first-order valence-electron chi connectivity index (χ1n) is 10.7. The molecule has 1 atom stereocenters. The molecule has 3 aromatic rings. The van der Waals surface area contributed by atoms with Gasteiger partial charge in [-0.3, -0.25) is 9.59 Å². The van der Waals surface area contributed by atoms with Gasteiger partial charge in [-0.15, -0.1) is 0 Å². The molecule has 7 nitrogen and oxygen atoms in total. The van der Waals surface area contributed by atoms with Gasteiger partial charge in [0, 0.05) is 13.3 Å². The Kier molecular flexibility index (Phi) is 6.73. The molecule has 0 fully saturated rings. The van der Waals surface area contributed by atoms with E-state index >= 15 is 0 Å². The first-order valence-corrected chi connectivity index (χ1v) is 10.7. The lowest BCUT2D eigenvalue weighted by Crippen LogP contribution is -2.18. The van der Waals surface area contributed by atoms with Crippen LogP contribution in [0.2, 0.25) is 0 Å². The quantitative estimate of drug-likeness (QED) is 0.399. The Morgan fingerprint density at radius 3 is 2.41 bits per heavy atom. The summed E-state index contributed by atoms with van der Waals surface area (Å²) in [5.41, 5.74) is 3.10. The normalized spacial score (nSPS) is 14.2. The minimum absolute atomic E-state index is 0.110. The molecule has 0 spiro atoms. The van der Waals surface area contributed by atoms with Crippen molar-refractivity contribution in [3.63, 3.8) is 0 Å². The Morgan fingerprint density at radius 2 is 1.74 bits per heavy atom. The van der Waals surface area contributed by atoms with Crippen LogP contribution < -0.4 is 10.1 Å². The summed E-state index contributed by atoms with van der Waals surface area (Å²) < 4.78 is 15.7. The highest BCUT2D eigenvalue weighted by atomic mass is 16.5. The molecule has 0 bridgehead atoms. The predicted octanol–water partition coefficient (Wildman–Crippen LogP) is 5.29. The van der Waals surface area contributed by atoms with E-state index in [4.69, 9.17) is 14.2 Å². The predicted molar refractivity (Wildman–Crippen MR) is 127 cm³/mol. The van der Waals surface area contributed by atoms with E-state index in [0.29, 0.717) is 6.42 Å². The molecule has 0 radical (unpaired) electrons. The highest BCUT2D eigenvalue weighted by Crippen LogP contribution is 2.32. The van der Waals surface area contributed by atoms with E-state index in [2.05, 4.69) is 5.32 Å². The van der Waals surface area contributed by atoms with Gasteiger partial charge in [0.1, 0.15) is 11.9 Å². The molecule has 1 aliphatic heterocycles. The van der Waals surface area contributed by atoms with Gasteiger partial charge in [-0.2, -0.15) is 0 Å². The van der Waals surface area contributed by atoms with Gasteiger partial charge in [0.25, 0.3) is 5.91 Å². The Labute approximate surface area is 197 Å². The molecule has 34 heavy (non-hydrogen) atoms. The molecule has 3 aromatic carbocycles. The number of carbonyl (C=O) groups excluding carboxylic acids is 3. The smallest absolute Gasteiger partial charge is 0.339 e. The molecule has 0 saturated carbocycles. The van der Waals surface area contributed by atoms with Crippen LogP contribution in [0.15, 0.2) is 79.1 Å². The van der Waals surface area contributed by atoms with Gasteiger partial charge < -0.3 is 19.5 Å². The summed E-state index contributed by atoms with van der Waals surface area (Å²) in [6, 6.07) is 19.6. The monoisotopic (exact) mass is 457 g/mol. The van der Waals surface area contributed by atoms with Crippen LogP contribution in [-0.2, 0) is 14.3 Å². The zero-order chi connectivity index (χ0) is 24.1. The van der Waals surface area contributed by atoms with Crippen LogP contribution in [0.3, 0.4) is 0 Å². The number of benzene rings is 3. The van der Waals surface area contributed by atoms with Crippen molar-refractivity contribution in [3.8, 4) is 16.9 Å². The van der Waals surface area contributed by atoms with Crippen LogP contribution >= 0.6 is 0 Å². The molecule has 1 heterocycles. The van der Waals surface area contributed by atoms with Crippen molar-refractivity contribution in [1.82, 2.24) is 0 Å². The van der Waals surface area contributed by atoms with Crippen molar-refractivity contribution in [2.45, 2.75) is 19.4 Å². The van der Waals surface area contributed by atoms with Gasteiger partial charge in [0.05, 0.1) is 30.2 Å². The maximum atomic E-state index is 13.4. The molecular weight excluding hydrogens is 434 g/mol. The Morgan fingerprint density at radius 1 is 0.941 bits per heavy atom. The highest BCUT2D eigenvalue weighted by Gasteiger charge is 2.22. The summed E-state index contributed by atoms with van der Waals surface area (Å²) >= 11 is 0. The third kappa shape index (κ3) is 4.99. The number of hydrogen-bond acceptors (Lipinski definition) is 6. The molecular formula is C27H23NO6. The summed E-state index contributed by atoms with van der Waals surface area (Å²) in [5.74, 6) is -1.57. The van der Waals surface area contributed by atoms with Crippen LogP contribution in [0.1, 0.15) is 45.7 Å². The van der Waals surface area contributed by atoms with Gasteiger partial charge in [-0.05, 0) is 47.0 Å². The number of anilines is 1. The summed E-state index contributed by atoms with van der Waals surface area (Å²) in [5, 5.41) is 2.80. The van der Waals surface area contributed by atoms with Crippen molar-refractivity contribution < 1.29 is 28.6 Å². The van der Waals surface area contributed by atoms with Crippen LogP contribution in [0.25, 0.3) is 11.1 Å². The van der Waals surface area contributed by atoms with Crippen molar-refractivity contribution >= 4 is 23.5 Å². The summed E-state index contributed by atoms with van der Waals surface area (Å²) in [6.07, 6.45) is 3.94. The Balaban J connectivity index is 1.72. The van der Waals surface area contributed by atoms with Crippen LogP contribution in [-0.4, -0.2) is 25.0 Å². The zero-order valence-corrected chi connectivity index (χ0v) is 18.7. The third-order valence-corrected chi connectivity index (χ3v) is 5.34. The van der Waals surface area contributed by atoms with Gasteiger partial charge in [-0.1, -0.05) is 42.5 Å². The van der Waals surface area contributed by atoms with Crippen LogP contribution in [0.4, 0.5) is 5.69 Å². The van der Waals surface area contributed by atoms with Crippen molar-refractivity contribution in [2.24, 2.45) is 0 Å². The second kappa shape index (κ2) is 10.0. The molecule has 0 saturated heterocycles. The number of amides is 1. The Hall–Kier alpha value is -4.39. The molecule has 1 aliphatic rings. The minimum atomic E-state index is -0.589. The van der Waals surface area contributed by atoms with Crippen LogP contribution in [0.5, 0.6) is 5.75 Å². The van der Waals surface area contributed by atoms with E-state index in [1.54, 1.807) is 42.7 Å². The maximum absolute atomic E-state index is 13.4. The number of ether oxygens (including phenoxy) is 3. The van der Waals surface area contributed by atoms with Gasteiger partial charge in [-0.25, -0.2) is 4.79 Å². The standard InChI is InChI=1S/C27H23NO6/c1-17(29)34-25-13-11-20(24-9-6-14-33-24)15-22(25)26(30)28-23-16-19(18-7-4-3-5-8-18)10-12-21(23)27(31)32-2/h3-8,10-16,24H,9H2,1-2H3,(H,28,30). The van der Waals surface area contributed by atoms with E-state index in [1.165, 1.54) is 14.0 Å². The number of rotatable bonds is 6. The summed E-state index contributed by atoms with van der Waals surface area (Å²) in [4.78, 5) is 37.4. The fourth-order valence-corrected chi connectivity index (χ4v) is 3.70. The number of carbonyl (C=O) groups is 3. The third-order valence-electron chi connectivity index (χ3n) is 5.34. The minimum Gasteiger partial charge on any atom is -0.493 e. The van der Waals surface area contributed by atoms with Crippen molar-refractivity contribution in [1.29, 1.82) is 0 Å². The lowest BCUT2D eigenvalue weighted by Gasteiger charge is -2.16. The first kappa shape index (κ1) is 22.8. The zero-order valence-electron chi connectivity index (χ0n) is 18.7. The molecule has 1 N–H and O–H groups in total. The molecule has 172 valence electrons. The molecule has 7 heteroatoms. The Bertz CT molecular complexity index is 1260. The number of methoxy groups -OCH3 is 1. The van der Waals surface area contributed by atoms with E-state index in [-0.39, 0.29) is 28.7 Å². The fraction of sp³-hybridized carbons (Fsp3) is 0.148. The van der Waals surface area contributed by atoms with Crippen LogP contribution in [0, 0.1) is 0 Å². The van der Waals surface area contributed by atoms with Crippen molar-refractivity contribution in [3.05, 3.63) is 95.8 Å². The van der Waals surface area contributed by atoms with Gasteiger partial charge >= 0.3 is 11.9 Å². The van der Waals surface area contributed by atoms with Gasteiger partial charge in [0.15, 0.2) is 0 Å². The lowest BCUT2D eigenvalue weighted by atomic mass is 10.0. The number of esters is 2. The SMILES string of the molecule is COC(=O)c1ccc(-c2ccccc2)cc1NC(=O)c1cc(C2CC=CO2)ccc1OC(C)=O. The van der Waals surface area contributed by atoms with E-state index in [9.17, 15) is 14.4 Å². The molecule has 0 aromatic heterocycles. The molecule has 1 amide bonds. The number of hydrogen-bond donors (Lipinski definition) is 1. The van der Waals surface area contributed by atoms with E-state index in [0.717, 1.165) is 16.7 Å². The first-order chi connectivity index (χ1) is 16.5. The summed E-state index contributed by atoms with van der Waals surface area (Å²) in [6.45, 7) is 1.26. The van der Waals surface area contributed by atoms with Crippen molar-refractivity contribution in [2.75, 3.05) is 12.4 Å². The summed E-state index contributed by atoms with van der Waals surface area (Å²) in [7, 11) is 1.27. The van der Waals surface area contributed by atoms with E-state index < -0.39 is 17.8 Å². The average molecular weight is 457 g/mol. The topological polar surface area (TPSA) is 90.9 Å². The largest absolute Gasteiger partial charge is 0.493 e. The maximum Gasteiger partial charge on any atom is 0.339 e. The fourth-order valence-electron chi connectivity index (χ4n) is 3.70. The van der Waals surface area contributed by atoms with E-state index in [1.807, 2.05) is 36.4 Å². The second-order valence-electron chi connectivity index (χ2n) is 7.65.